The van der Waals surface area contributed by atoms with Crippen LogP contribution >= 0.6 is 0 Å². The summed E-state index contributed by atoms with van der Waals surface area (Å²) >= 11 is 0. The molecule has 5 nitrogen and oxygen atoms in total. The van der Waals surface area contributed by atoms with E-state index in [2.05, 4.69) is 16.5 Å². The number of benzene rings is 2. The second kappa shape index (κ2) is 8.48. The Kier molecular flexibility index (Phi) is 5.63. The normalized spacial score (nSPS) is 16.0. The summed E-state index contributed by atoms with van der Waals surface area (Å²) in [5, 5.41) is 4.08. The number of aromatic amines is 1. The van der Waals surface area contributed by atoms with Crippen molar-refractivity contribution < 1.29 is 14.3 Å². The molecule has 1 aliphatic rings. The zero-order valence-corrected chi connectivity index (χ0v) is 16.1. The molecule has 1 aromatic heterocycles. The summed E-state index contributed by atoms with van der Waals surface area (Å²) in [6.45, 7) is 3.55. The van der Waals surface area contributed by atoms with Gasteiger partial charge in [-0.2, -0.15) is 0 Å². The largest absolute Gasteiger partial charge is 0.483 e. The standard InChI is InChI=1S/C23H26N2O3/c1-16(17-6-3-2-4-7-17)25-22(26)15-28-21-9-5-8-20-23(21)19(14-24-20)18-10-12-27-13-11-18/h2-9,14,16,18,24H,10-13,15H2,1H3,(H,25,26). The van der Waals surface area contributed by atoms with Crippen LogP contribution in [-0.2, 0) is 9.53 Å². The summed E-state index contributed by atoms with van der Waals surface area (Å²) in [7, 11) is 0. The van der Waals surface area contributed by atoms with Crippen LogP contribution in [0, 0.1) is 0 Å². The zero-order valence-electron chi connectivity index (χ0n) is 16.1. The van der Waals surface area contributed by atoms with Gasteiger partial charge in [-0.25, -0.2) is 0 Å². The minimum atomic E-state index is -0.128. The van der Waals surface area contributed by atoms with Gasteiger partial charge in [-0.3, -0.25) is 4.79 Å². The molecule has 4 rings (SSSR count). The van der Waals surface area contributed by atoms with Crippen molar-refractivity contribution in [2.24, 2.45) is 0 Å². The van der Waals surface area contributed by atoms with Gasteiger partial charge >= 0.3 is 0 Å². The Bertz CT molecular complexity index is 929. The molecule has 1 fully saturated rings. The van der Waals surface area contributed by atoms with E-state index in [0.717, 1.165) is 48.3 Å². The van der Waals surface area contributed by atoms with E-state index in [1.807, 2.05) is 55.5 Å². The van der Waals surface area contributed by atoms with Crippen LogP contribution in [0.2, 0.25) is 0 Å². The maximum absolute atomic E-state index is 12.4. The second-order valence-electron chi connectivity index (χ2n) is 7.30. The van der Waals surface area contributed by atoms with Gasteiger partial charge in [0.2, 0.25) is 0 Å². The van der Waals surface area contributed by atoms with Crippen LogP contribution in [-0.4, -0.2) is 30.7 Å². The molecule has 1 saturated heterocycles. The van der Waals surface area contributed by atoms with Crippen molar-refractivity contribution >= 4 is 16.8 Å². The van der Waals surface area contributed by atoms with Crippen LogP contribution in [0.15, 0.2) is 54.7 Å². The Morgan fingerprint density at radius 3 is 2.75 bits per heavy atom. The van der Waals surface area contributed by atoms with E-state index in [-0.39, 0.29) is 18.6 Å². The lowest BCUT2D eigenvalue weighted by molar-refractivity contribution is -0.123. The monoisotopic (exact) mass is 378 g/mol. The number of fused-ring (bicyclic) bond motifs is 1. The average Bonchev–Trinajstić information content (AvgIpc) is 3.18. The number of carbonyl (C=O) groups is 1. The molecule has 2 heterocycles. The van der Waals surface area contributed by atoms with Gasteiger partial charge in [0.15, 0.2) is 6.61 Å². The maximum Gasteiger partial charge on any atom is 0.258 e. The van der Waals surface area contributed by atoms with E-state index >= 15 is 0 Å². The highest BCUT2D eigenvalue weighted by molar-refractivity contribution is 5.90. The highest BCUT2D eigenvalue weighted by Gasteiger charge is 2.21. The fraction of sp³-hybridized carbons (Fsp3) is 0.348. The highest BCUT2D eigenvalue weighted by atomic mass is 16.5. The second-order valence-corrected chi connectivity index (χ2v) is 7.30. The van der Waals surface area contributed by atoms with Crippen molar-refractivity contribution in [3.05, 3.63) is 65.9 Å². The van der Waals surface area contributed by atoms with Crippen LogP contribution in [0.5, 0.6) is 5.75 Å². The molecule has 1 unspecified atom stereocenters. The predicted octanol–water partition coefficient (Wildman–Crippen LogP) is 4.32. The SMILES string of the molecule is CC(NC(=O)COc1cccc2[nH]cc(C3CCOCC3)c12)c1ccccc1. The van der Waals surface area contributed by atoms with E-state index in [9.17, 15) is 4.79 Å². The van der Waals surface area contributed by atoms with Crippen LogP contribution in [0.25, 0.3) is 10.9 Å². The van der Waals surface area contributed by atoms with Gasteiger partial charge in [-0.15, -0.1) is 0 Å². The summed E-state index contributed by atoms with van der Waals surface area (Å²) in [4.78, 5) is 15.7. The van der Waals surface area contributed by atoms with Gasteiger partial charge in [-0.05, 0) is 48.9 Å². The Hall–Kier alpha value is -2.79. The molecule has 3 aromatic rings. The fourth-order valence-electron chi connectivity index (χ4n) is 3.88. The molecule has 1 aliphatic heterocycles. The number of hydrogen-bond donors (Lipinski definition) is 2. The lowest BCUT2D eigenvalue weighted by atomic mass is 9.91. The van der Waals surface area contributed by atoms with Crippen molar-refractivity contribution in [2.45, 2.75) is 31.7 Å². The highest BCUT2D eigenvalue weighted by Crippen LogP contribution is 2.37. The van der Waals surface area contributed by atoms with E-state index in [1.54, 1.807) is 0 Å². The lowest BCUT2D eigenvalue weighted by Gasteiger charge is -2.22. The molecule has 0 spiro atoms. The third-order valence-electron chi connectivity index (χ3n) is 5.40. The zero-order chi connectivity index (χ0) is 19.3. The van der Waals surface area contributed by atoms with Crippen molar-refractivity contribution in [1.82, 2.24) is 10.3 Å². The first-order valence-corrected chi connectivity index (χ1v) is 9.87. The minimum absolute atomic E-state index is 0.00527. The topological polar surface area (TPSA) is 63.3 Å². The predicted molar refractivity (Wildman–Crippen MR) is 110 cm³/mol. The maximum atomic E-state index is 12.4. The molecule has 146 valence electrons. The third kappa shape index (κ3) is 4.04. The van der Waals surface area contributed by atoms with Crippen molar-refractivity contribution in [2.75, 3.05) is 19.8 Å². The molecule has 0 saturated carbocycles. The van der Waals surface area contributed by atoms with Gasteiger partial charge in [-0.1, -0.05) is 36.4 Å². The fourth-order valence-corrected chi connectivity index (χ4v) is 3.88. The number of H-pyrrole nitrogens is 1. The molecule has 2 N–H and O–H groups in total. The first kappa shape index (κ1) is 18.6. The molecule has 1 atom stereocenters. The molecule has 28 heavy (non-hydrogen) atoms. The molecule has 2 aromatic carbocycles. The van der Waals surface area contributed by atoms with Gasteiger partial charge in [0.05, 0.1) is 6.04 Å². The van der Waals surface area contributed by atoms with Gasteiger partial charge in [0, 0.05) is 30.3 Å². The molecular weight excluding hydrogens is 352 g/mol. The Morgan fingerprint density at radius 2 is 1.96 bits per heavy atom. The molecule has 0 aliphatic carbocycles. The number of nitrogens with one attached hydrogen (secondary N) is 2. The molecule has 0 radical (unpaired) electrons. The van der Waals surface area contributed by atoms with Gasteiger partial charge in [0.1, 0.15) is 5.75 Å². The number of carbonyl (C=O) groups excluding carboxylic acids is 1. The van der Waals surface area contributed by atoms with Crippen molar-refractivity contribution in [3.63, 3.8) is 0 Å². The van der Waals surface area contributed by atoms with Crippen molar-refractivity contribution in [1.29, 1.82) is 0 Å². The number of ether oxygens (including phenoxy) is 2. The summed E-state index contributed by atoms with van der Waals surface area (Å²) in [6, 6.07) is 15.8. The average molecular weight is 378 g/mol. The Labute approximate surface area is 165 Å². The Balaban J connectivity index is 1.45. The van der Waals surface area contributed by atoms with Crippen LogP contribution in [0.3, 0.4) is 0 Å². The van der Waals surface area contributed by atoms with Crippen molar-refractivity contribution in [3.8, 4) is 5.75 Å². The van der Waals surface area contributed by atoms with Crippen LogP contribution in [0.1, 0.15) is 42.9 Å². The molecular formula is C23H26N2O3. The van der Waals surface area contributed by atoms with E-state index in [4.69, 9.17) is 9.47 Å². The lowest BCUT2D eigenvalue weighted by Crippen LogP contribution is -2.31. The van der Waals surface area contributed by atoms with E-state index in [0.29, 0.717) is 5.92 Å². The minimum Gasteiger partial charge on any atom is -0.483 e. The van der Waals surface area contributed by atoms with Crippen LogP contribution in [0.4, 0.5) is 0 Å². The number of amides is 1. The quantitative estimate of drug-likeness (QED) is 0.671. The number of aromatic nitrogens is 1. The van der Waals surface area contributed by atoms with Gasteiger partial charge in [0.25, 0.3) is 5.91 Å². The first-order chi connectivity index (χ1) is 13.7. The third-order valence-corrected chi connectivity index (χ3v) is 5.40. The van der Waals surface area contributed by atoms with Crippen LogP contribution < -0.4 is 10.1 Å². The summed E-state index contributed by atoms with van der Waals surface area (Å²) in [6.07, 6.45) is 4.10. The number of rotatable bonds is 6. The Morgan fingerprint density at radius 1 is 1.18 bits per heavy atom. The number of hydrogen-bond acceptors (Lipinski definition) is 3. The summed E-state index contributed by atoms with van der Waals surface area (Å²) < 4.78 is 11.4. The summed E-state index contributed by atoms with van der Waals surface area (Å²) in [5.74, 6) is 1.08. The first-order valence-electron chi connectivity index (χ1n) is 9.87. The summed E-state index contributed by atoms with van der Waals surface area (Å²) in [5.41, 5.74) is 3.37. The van der Waals surface area contributed by atoms with E-state index in [1.165, 1.54) is 5.56 Å². The smallest absolute Gasteiger partial charge is 0.258 e. The molecule has 0 bridgehead atoms. The molecule has 5 heteroatoms. The van der Waals surface area contributed by atoms with Gasteiger partial charge < -0.3 is 19.8 Å². The molecule has 1 amide bonds. The van der Waals surface area contributed by atoms with E-state index < -0.39 is 0 Å².